The van der Waals surface area contributed by atoms with Crippen molar-refractivity contribution in [2.75, 3.05) is 20.6 Å². The van der Waals surface area contributed by atoms with Crippen molar-refractivity contribution in [3.05, 3.63) is 92.4 Å². The number of likely N-dealkylation sites (N-methyl/N-ethyl adjacent to an activating group) is 1. The maximum atomic E-state index is 15.4. The summed E-state index contributed by atoms with van der Waals surface area (Å²) in [7, 11) is 3.61. The number of rotatable bonds is 12. The van der Waals surface area contributed by atoms with Gasteiger partial charge in [-0.05, 0) is 105 Å². The van der Waals surface area contributed by atoms with E-state index < -0.39 is 64.5 Å². The molecular formula is C32H37F4N3O5. The lowest BCUT2D eigenvalue weighted by molar-refractivity contribution is -0.148. The van der Waals surface area contributed by atoms with Crippen molar-refractivity contribution < 1.29 is 37.4 Å². The molecule has 1 aromatic heterocycles. The van der Waals surface area contributed by atoms with Crippen LogP contribution in [0.1, 0.15) is 55.0 Å². The molecular weight excluding hydrogens is 582 g/mol. The van der Waals surface area contributed by atoms with E-state index in [1.807, 2.05) is 4.90 Å². The maximum absolute atomic E-state index is 15.4. The Kier molecular flexibility index (Phi) is 10.8. The summed E-state index contributed by atoms with van der Waals surface area (Å²) in [6, 6.07) is 3.77. The van der Waals surface area contributed by atoms with Gasteiger partial charge in [-0.3, -0.25) is 14.4 Å². The Morgan fingerprint density at radius 1 is 1.00 bits per heavy atom. The number of hydrogen-bond acceptors (Lipinski definition) is 5. The molecule has 12 heteroatoms. The van der Waals surface area contributed by atoms with Crippen molar-refractivity contribution in [1.29, 1.82) is 0 Å². The fraction of sp³-hybridized carbons (Fsp3) is 0.406. The molecule has 44 heavy (non-hydrogen) atoms. The quantitative estimate of drug-likeness (QED) is 0.198. The van der Waals surface area contributed by atoms with E-state index in [2.05, 4.69) is 5.32 Å². The van der Waals surface area contributed by atoms with Gasteiger partial charge in [-0.1, -0.05) is 13.8 Å². The van der Waals surface area contributed by atoms with Crippen LogP contribution < -0.4 is 10.9 Å². The standard InChI is InChI=1S/C32H37F4N3O5/c1-17(2)9-26(39-16-20(7-8-38(5)6)12-25(35)31(39)43)30(42)37-32(44,15-27(40)41)23-13-21(14-24(34)29(23)36)28-18(3)10-22(33)11-19(28)4/h10-14,16-17,26,44H,7-9,15H2,1-6H3,(H,37,42)(H,40,41)/t26?,32-/m0/s1. The average molecular weight is 620 g/mol. The van der Waals surface area contributed by atoms with Crippen LogP contribution in [-0.4, -0.2) is 52.2 Å². The Morgan fingerprint density at radius 2 is 1.61 bits per heavy atom. The number of nitrogens with zero attached hydrogens (tertiary/aromatic N) is 2. The maximum Gasteiger partial charge on any atom is 0.308 e. The summed E-state index contributed by atoms with van der Waals surface area (Å²) < 4.78 is 60.0. The van der Waals surface area contributed by atoms with Crippen LogP contribution in [0.3, 0.4) is 0 Å². The molecule has 0 aliphatic carbocycles. The molecule has 3 N–H and O–H groups in total. The lowest BCUT2D eigenvalue weighted by Gasteiger charge is -2.32. The third-order valence-corrected chi connectivity index (χ3v) is 7.23. The molecule has 0 saturated carbocycles. The lowest BCUT2D eigenvalue weighted by Crippen LogP contribution is -2.51. The van der Waals surface area contributed by atoms with Gasteiger partial charge in [0.15, 0.2) is 23.2 Å². The summed E-state index contributed by atoms with van der Waals surface area (Å²) in [6.45, 7) is 7.04. The second-order valence-corrected chi connectivity index (χ2v) is 11.8. The van der Waals surface area contributed by atoms with Gasteiger partial charge in [0.1, 0.15) is 11.9 Å². The Hall–Kier alpha value is -4.03. The molecule has 0 aliphatic heterocycles. The monoisotopic (exact) mass is 619 g/mol. The molecule has 2 aromatic carbocycles. The van der Waals surface area contributed by atoms with E-state index in [1.54, 1.807) is 27.9 Å². The molecule has 1 unspecified atom stereocenters. The van der Waals surface area contributed by atoms with Crippen LogP contribution in [0.2, 0.25) is 0 Å². The summed E-state index contributed by atoms with van der Waals surface area (Å²) in [5.41, 5.74) is -3.59. The topological polar surface area (TPSA) is 112 Å². The van der Waals surface area contributed by atoms with Crippen LogP contribution >= 0.6 is 0 Å². The van der Waals surface area contributed by atoms with E-state index in [-0.39, 0.29) is 17.9 Å². The zero-order chi connectivity index (χ0) is 33.1. The number of carboxylic acid groups (broad SMARTS) is 1. The second kappa shape index (κ2) is 13.7. The minimum atomic E-state index is -3.01. The number of carbonyl (C=O) groups is 2. The first kappa shape index (κ1) is 34.5. The first-order valence-corrected chi connectivity index (χ1v) is 14.0. The molecule has 3 rings (SSSR count). The Balaban J connectivity index is 2.17. The number of hydrogen-bond donors (Lipinski definition) is 3. The zero-order valence-corrected chi connectivity index (χ0v) is 25.5. The number of carbonyl (C=O) groups excluding carboxylic acids is 1. The van der Waals surface area contributed by atoms with E-state index >= 15 is 8.78 Å². The molecule has 1 heterocycles. The molecule has 0 saturated heterocycles. The zero-order valence-electron chi connectivity index (χ0n) is 25.5. The number of aliphatic carboxylic acids is 1. The van der Waals surface area contributed by atoms with Crippen LogP contribution in [-0.2, 0) is 21.7 Å². The highest BCUT2D eigenvalue weighted by molar-refractivity contribution is 5.82. The molecule has 8 nitrogen and oxygen atoms in total. The van der Waals surface area contributed by atoms with Crippen molar-refractivity contribution >= 4 is 11.9 Å². The predicted molar refractivity (Wildman–Crippen MR) is 157 cm³/mol. The molecule has 3 aromatic rings. The van der Waals surface area contributed by atoms with E-state index in [4.69, 9.17) is 0 Å². The van der Waals surface area contributed by atoms with Crippen molar-refractivity contribution in [2.45, 2.75) is 58.7 Å². The number of carboxylic acids is 1. The fourth-order valence-electron chi connectivity index (χ4n) is 5.25. The summed E-state index contributed by atoms with van der Waals surface area (Å²) in [4.78, 5) is 40.4. The van der Waals surface area contributed by atoms with Gasteiger partial charge in [-0.25, -0.2) is 17.6 Å². The van der Waals surface area contributed by atoms with E-state index in [9.17, 15) is 33.4 Å². The van der Waals surface area contributed by atoms with Crippen LogP contribution in [0.5, 0.6) is 0 Å². The van der Waals surface area contributed by atoms with Crippen molar-refractivity contribution in [1.82, 2.24) is 14.8 Å². The number of pyridine rings is 1. The number of aromatic nitrogens is 1. The summed E-state index contributed by atoms with van der Waals surface area (Å²) in [5.74, 6) is -7.78. The van der Waals surface area contributed by atoms with Crippen molar-refractivity contribution in [3.63, 3.8) is 0 Å². The van der Waals surface area contributed by atoms with Crippen LogP contribution in [0.25, 0.3) is 11.1 Å². The normalized spacial score (nSPS) is 13.7. The smallest absolute Gasteiger partial charge is 0.308 e. The third-order valence-electron chi connectivity index (χ3n) is 7.23. The van der Waals surface area contributed by atoms with Gasteiger partial charge >= 0.3 is 5.97 Å². The largest absolute Gasteiger partial charge is 0.481 e. The van der Waals surface area contributed by atoms with Gasteiger partial charge in [0.2, 0.25) is 5.91 Å². The van der Waals surface area contributed by atoms with Crippen LogP contribution in [0, 0.1) is 43.0 Å². The Labute approximate surface area is 252 Å². The highest BCUT2D eigenvalue weighted by atomic mass is 19.2. The van der Waals surface area contributed by atoms with E-state index in [0.717, 1.165) is 22.8 Å². The summed E-state index contributed by atoms with van der Waals surface area (Å²) in [5, 5.41) is 23.3. The van der Waals surface area contributed by atoms with Crippen molar-refractivity contribution in [3.8, 4) is 11.1 Å². The molecule has 0 fully saturated rings. The van der Waals surface area contributed by atoms with Gasteiger partial charge in [0.25, 0.3) is 5.56 Å². The van der Waals surface area contributed by atoms with Gasteiger partial charge in [0.05, 0.1) is 6.42 Å². The molecule has 0 spiro atoms. The number of benzene rings is 2. The first-order valence-electron chi connectivity index (χ1n) is 14.0. The number of amides is 1. The number of nitrogens with one attached hydrogen (secondary N) is 1. The highest BCUT2D eigenvalue weighted by Gasteiger charge is 2.40. The first-order chi connectivity index (χ1) is 20.4. The Bertz CT molecular complexity index is 1600. The molecule has 1 amide bonds. The van der Waals surface area contributed by atoms with Crippen LogP contribution in [0.4, 0.5) is 17.6 Å². The van der Waals surface area contributed by atoms with Crippen LogP contribution in [0.15, 0.2) is 41.3 Å². The molecule has 0 bridgehead atoms. The van der Waals surface area contributed by atoms with Gasteiger partial charge in [-0.15, -0.1) is 0 Å². The molecule has 0 aliphatic rings. The van der Waals surface area contributed by atoms with Gasteiger partial charge in [0, 0.05) is 18.3 Å². The predicted octanol–water partition coefficient (Wildman–Crippen LogP) is 4.82. The molecule has 2 atom stereocenters. The van der Waals surface area contributed by atoms with E-state index in [0.29, 0.717) is 35.2 Å². The summed E-state index contributed by atoms with van der Waals surface area (Å²) in [6.07, 6.45) is 0.318. The lowest BCUT2D eigenvalue weighted by atomic mass is 9.90. The fourth-order valence-corrected chi connectivity index (χ4v) is 5.25. The second-order valence-electron chi connectivity index (χ2n) is 11.8. The highest BCUT2D eigenvalue weighted by Crippen LogP contribution is 2.35. The number of aryl methyl sites for hydroxylation is 2. The minimum absolute atomic E-state index is 0.00224. The SMILES string of the molecule is Cc1cc(F)cc(C)c1-c1cc(F)c(F)c([C@@](O)(CC(=O)O)NC(=O)C(CC(C)C)n2cc(CCN(C)C)cc(F)c2=O)c1. The van der Waals surface area contributed by atoms with Gasteiger partial charge < -0.3 is 25.0 Å². The number of halogens is 4. The van der Waals surface area contributed by atoms with Crippen molar-refractivity contribution in [2.24, 2.45) is 5.92 Å². The average Bonchev–Trinajstić information content (AvgIpc) is 2.88. The Morgan fingerprint density at radius 3 is 2.16 bits per heavy atom. The molecule has 0 radical (unpaired) electrons. The van der Waals surface area contributed by atoms with Gasteiger partial charge in [-0.2, -0.15) is 0 Å². The minimum Gasteiger partial charge on any atom is -0.481 e. The van der Waals surface area contributed by atoms with E-state index in [1.165, 1.54) is 32.2 Å². The third kappa shape index (κ3) is 7.92. The summed E-state index contributed by atoms with van der Waals surface area (Å²) >= 11 is 0. The molecule has 238 valence electrons. The number of aliphatic hydroxyl groups is 1.